The molecule has 0 atom stereocenters. The largest absolute Gasteiger partial charge is 0.493 e. The number of hydrogen-bond acceptors (Lipinski definition) is 3. The molecule has 0 aromatic heterocycles. The highest BCUT2D eigenvalue weighted by Gasteiger charge is 2.37. The summed E-state index contributed by atoms with van der Waals surface area (Å²) in [6, 6.07) is 3.62. The van der Waals surface area contributed by atoms with Crippen LogP contribution in [0.4, 0.5) is 0 Å². The van der Waals surface area contributed by atoms with Crippen molar-refractivity contribution in [2.45, 2.75) is 25.7 Å². The molecule has 1 aliphatic rings. The second-order valence-electron chi connectivity index (χ2n) is 5.03. The fraction of sp³-hybridized carbons (Fsp3) is 0.400. The number of Topliss-reactive ketones (excluding diaryl/α,β-unsaturated/α-hetero) is 1. The molecule has 2 rings (SSSR count). The quantitative estimate of drug-likeness (QED) is 0.767. The van der Waals surface area contributed by atoms with Gasteiger partial charge in [0, 0.05) is 12.0 Å². The van der Waals surface area contributed by atoms with Crippen LogP contribution < -0.4 is 9.47 Å². The van der Waals surface area contributed by atoms with E-state index in [0.29, 0.717) is 17.9 Å². The number of hydrogen-bond donors (Lipinski definition) is 0. The summed E-state index contributed by atoms with van der Waals surface area (Å²) in [5, 5.41) is 0. The molecule has 1 aromatic carbocycles. The van der Waals surface area contributed by atoms with Gasteiger partial charge in [0.25, 0.3) is 0 Å². The van der Waals surface area contributed by atoms with Gasteiger partial charge in [0.1, 0.15) is 6.61 Å². The monoisotopic (exact) mass is 244 g/mol. The topological polar surface area (TPSA) is 35.5 Å². The van der Waals surface area contributed by atoms with E-state index in [9.17, 15) is 4.79 Å². The number of benzene rings is 1. The normalized spacial score (nSPS) is 16.0. The van der Waals surface area contributed by atoms with Crippen LogP contribution in [0.1, 0.15) is 36.2 Å². The van der Waals surface area contributed by atoms with Crippen LogP contribution in [0.25, 0.3) is 0 Å². The van der Waals surface area contributed by atoms with E-state index in [4.69, 9.17) is 15.9 Å². The number of ketones is 1. The van der Waals surface area contributed by atoms with Crippen molar-refractivity contribution < 1.29 is 14.3 Å². The van der Waals surface area contributed by atoms with Crippen LogP contribution in [0.15, 0.2) is 12.1 Å². The molecule has 0 heterocycles. The lowest BCUT2D eigenvalue weighted by atomic mass is 9.86. The molecule has 3 heteroatoms. The van der Waals surface area contributed by atoms with E-state index in [1.54, 1.807) is 13.2 Å². The molecule has 1 aromatic rings. The lowest BCUT2D eigenvalue weighted by Crippen LogP contribution is -2.12. The molecule has 0 bridgehead atoms. The molecule has 1 aliphatic carbocycles. The first-order chi connectivity index (χ1) is 8.49. The zero-order chi connectivity index (χ0) is 13.3. The summed E-state index contributed by atoms with van der Waals surface area (Å²) in [6.07, 6.45) is 5.70. The highest BCUT2D eigenvalue weighted by Crippen LogP contribution is 2.43. The van der Waals surface area contributed by atoms with Gasteiger partial charge in [-0.05, 0) is 23.1 Å². The van der Waals surface area contributed by atoms with Crippen molar-refractivity contribution in [1.29, 1.82) is 0 Å². The summed E-state index contributed by atoms with van der Waals surface area (Å²) in [5.74, 6) is 3.72. The van der Waals surface area contributed by atoms with E-state index in [2.05, 4.69) is 5.92 Å². The molecular weight excluding hydrogens is 228 g/mol. The van der Waals surface area contributed by atoms with Crippen molar-refractivity contribution in [2.24, 2.45) is 0 Å². The molecule has 0 N–H and O–H groups in total. The van der Waals surface area contributed by atoms with Crippen molar-refractivity contribution in [2.75, 3.05) is 13.7 Å². The minimum absolute atomic E-state index is 0.150. The minimum atomic E-state index is -0.160. The van der Waals surface area contributed by atoms with Gasteiger partial charge in [-0.2, -0.15) is 0 Å². The number of ether oxygens (including phenoxy) is 2. The fourth-order valence-electron chi connectivity index (χ4n) is 2.33. The highest BCUT2D eigenvalue weighted by atomic mass is 16.5. The summed E-state index contributed by atoms with van der Waals surface area (Å²) in [6.45, 7) is 4.28. The van der Waals surface area contributed by atoms with Crippen LogP contribution >= 0.6 is 0 Å². The summed E-state index contributed by atoms with van der Waals surface area (Å²) < 4.78 is 10.7. The van der Waals surface area contributed by atoms with Crippen LogP contribution in [0.5, 0.6) is 11.5 Å². The van der Waals surface area contributed by atoms with Gasteiger partial charge >= 0.3 is 0 Å². The van der Waals surface area contributed by atoms with Gasteiger partial charge in [-0.3, -0.25) is 4.79 Å². The maximum atomic E-state index is 11.9. The summed E-state index contributed by atoms with van der Waals surface area (Å²) in [5.41, 5.74) is 1.57. The van der Waals surface area contributed by atoms with Crippen molar-refractivity contribution >= 4 is 5.78 Å². The predicted octanol–water partition coefficient (Wildman–Crippen LogP) is 2.57. The molecule has 0 saturated carbocycles. The average Bonchev–Trinajstić information content (AvgIpc) is 2.55. The number of methoxy groups -OCH3 is 1. The zero-order valence-corrected chi connectivity index (χ0v) is 10.9. The smallest absolute Gasteiger partial charge is 0.164 e. The van der Waals surface area contributed by atoms with Crippen LogP contribution in [-0.2, 0) is 5.41 Å². The van der Waals surface area contributed by atoms with E-state index in [-0.39, 0.29) is 17.8 Å². The number of fused-ring (bicyclic) bond motifs is 1. The second-order valence-corrected chi connectivity index (χ2v) is 5.03. The van der Waals surface area contributed by atoms with Crippen molar-refractivity contribution in [3.8, 4) is 23.8 Å². The molecule has 0 saturated heterocycles. The zero-order valence-electron chi connectivity index (χ0n) is 10.9. The van der Waals surface area contributed by atoms with Gasteiger partial charge in [-0.15, -0.1) is 6.42 Å². The second kappa shape index (κ2) is 4.38. The summed E-state index contributed by atoms with van der Waals surface area (Å²) in [4.78, 5) is 11.9. The van der Waals surface area contributed by atoms with E-state index < -0.39 is 0 Å². The van der Waals surface area contributed by atoms with Gasteiger partial charge in [-0.1, -0.05) is 19.8 Å². The lowest BCUT2D eigenvalue weighted by molar-refractivity contribution is 0.0979. The number of terminal acetylenes is 1. The minimum Gasteiger partial charge on any atom is -0.493 e. The Kier molecular flexibility index (Phi) is 3.04. The Balaban J connectivity index is 2.52. The van der Waals surface area contributed by atoms with E-state index in [1.165, 1.54) is 0 Å². The average molecular weight is 244 g/mol. The standard InChI is InChI=1S/C15H16O3/c1-5-6-18-14-8-11-10(7-13(14)17-4)12(16)9-15(11,2)3/h1,7-8H,6,9H2,2-4H3. The number of carbonyl (C=O) groups is 1. The van der Waals surface area contributed by atoms with Crippen LogP contribution in [0.3, 0.4) is 0 Å². The van der Waals surface area contributed by atoms with E-state index in [1.807, 2.05) is 19.9 Å². The molecule has 0 aliphatic heterocycles. The highest BCUT2D eigenvalue weighted by molar-refractivity contribution is 6.02. The van der Waals surface area contributed by atoms with E-state index in [0.717, 1.165) is 11.1 Å². The Bertz CT molecular complexity index is 535. The summed E-state index contributed by atoms with van der Waals surface area (Å²) >= 11 is 0. The first-order valence-electron chi connectivity index (χ1n) is 5.81. The molecule has 18 heavy (non-hydrogen) atoms. The lowest BCUT2D eigenvalue weighted by Gasteiger charge is -2.19. The van der Waals surface area contributed by atoms with Gasteiger partial charge < -0.3 is 9.47 Å². The summed E-state index contributed by atoms with van der Waals surface area (Å²) in [7, 11) is 1.55. The molecule has 3 nitrogen and oxygen atoms in total. The van der Waals surface area contributed by atoms with Crippen LogP contribution in [0.2, 0.25) is 0 Å². The Morgan fingerprint density at radius 1 is 1.39 bits per heavy atom. The number of rotatable bonds is 3. The molecule has 0 fully saturated rings. The predicted molar refractivity (Wildman–Crippen MR) is 69.3 cm³/mol. The first-order valence-corrected chi connectivity index (χ1v) is 5.81. The van der Waals surface area contributed by atoms with E-state index >= 15 is 0 Å². The number of carbonyl (C=O) groups excluding carboxylic acids is 1. The maximum Gasteiger partial charge on any atom is 0.164 e. The molecule has 94 valence electrons. The third kappa shape index (κ3) is 1.95. The molecule has 0 radical (unpaired) electrons. The molecular formula is C15H16O3. The third-order valence-electron chi connectivity index (χ3n) is 3.25. The Morgan fingerprint density at radius 2 is 2.11 bits per heavy atom. The van der Waals surface area contributed by atoms with Gasteiger partial charge in [0.2, 0.25) is 0 Å². The fourth-order valence-corrected chi connectivity index (χ4v) is 2.33. The van der Waals surface area contributed by atoms with Gasteiger partial charge in [0.15, 0.2) is 17.3 Å². The van der Waals surface area contributed by atoms with Crippen molar-refractivity contribution in [1.82, 2.24) is 0 Å². The molecule has 0 spiro atoms. The SMILES string of the molecule is C#CCOc1cc2c(cc1OC)C(=O)CC2(C)C. The maximum absolute atomic E-state index is 11.9. The first kappa shape index (κ1) is 12.5. The van der Waals surface area contributed by atoms with Crippen molar-refractivity contribution in [3.05, 3.63) is 23.3 Å². The Hall–Kier alpha value is -1.95. The molecule has 0 unspecified atom stereocenters. The third-order valence-corrected chi connectivity index (χ3v) is 3.25. The van der Waals surface area contributed by atoms with Gasteiger partial charge in [-0.25, -0.2) is 0 Å². The van der Waals surface area contributed by atoms with Crippen LogP contribution in [0, 0.1) is 12.3 Å². The van der Waals surface area contributed by atoms with Crippen LogP contribution in [-0.4, -0.2) is 19.5 Å². The Morgan fingerprint density at radius 3 is 2.72 bits per heavy atom. The van der Waals surface area contributed by atoms with Gasteiger partial charge in [0.05, 0.1) is 7.11 Å². The van der Waals surface area contributed by atoms with Crippen molar-refractivity contribution in [3.63, 3.8) is 0 Å². The Labute approximate surface area is 107 Å². The molecule has 0 amide bonds.